The molecule has 2 N–H and O–H groups in total. The van der Waals surface area contributed by atoms with Crippen LogP contribution in [0.15, 0.2) is 40.8 Å². The van der Waals surface area contributed by atoms with Gasteiger partial charge >= 0.3 is 0 Å². The minimum Gasteiger partial charge on any atom is -0.449 e. The molecule has 0 aliphatic carbocycles. The first-order valence-corrected chi connectivity index (χ1v) is 10.6. The van der Waals surface area contributed by atoms with Crippen LogP contribution in [-0.2, 0) is 5.41 Å². The van der Waals surface area contributed by atoms with Gasteiger partial charge in [0.05, 0.1) is 38.6 Å². The van der Waals surface area contributed by atoms with E-state index in [1.54, 1.807) is 11.3 Å². The van der Waals surface area contributed by atoms with Crippen LogP contribution in [-0.4, -0.2) is 23.5 Å². The first kappa shape index (κ1) is 18.6. The fraction of sp³-hybridized carbons (Fsp3) is 0.261. The number of furan rings is 1. The van der Waals surface area contributed by atoms with Crippen molar-refractivity contribution in [2.75, 3.05) is 11.9 Å². The molecule has 3 aromatic heterocycles. The van der Waals surface area contributed by atoms with Gasteiger partial charge in [-0.3, -0.25) is 4.79 Å². The molecule has 1 atom stereocenters. The molecule has 0 radical (unpaired) electrons. The number of nitrogens with one attached hydrogen (secondary N) is 2. The highest BCUT2D eigenvalue weighted by atomic mass is 32.1. The number of thiophene rings is 1. The van der Waals surface area contributed by atoms with Crippen LogP contribution in [0.5, 0.6) is 0 Å². The molecular formula is C23H20N4O2S. The molecular weight excluding hydrogens is 396 g/mol. The number of carbonyl (C=O) groups excluding carboxylic acids is 1. The first-order chi connectivity index (χ1) is 14.4. The highest BCUT2D eigenvalue weighted by Crippen LogP contribution is 2.39. The minimum atomic E-state index is -0.524. The van der Waals surface area contributed by atoms with E-state index < -0.39 is 5.41 Å². The van der Waals surface area contributed by atoms with E-state index in [4.69, 9.17) is 9.40 Å². The van der Waals surface area contributed by atoms with Gasteiger partial charge in [0.1, 0.15) is 5.58 Å². The van der Waals surface area contributed by atoms with E-state index in [0.717, 1.165) is 37.4 Å². The molecule has 4 heterocycles. The lowest BCUT2D eigenvalue weighted by atomic mass is 9.94. The van der Waals surface area contributed by atoms with Gasteiger partial charge in [-0.05, 0) is 57.2 Å². The molecule has 1 aliphatic heterocycles. The SMILES string of the molecule is CC1CNc2c(oc3ccc4nc(-c5ccc(C(C)(C)C#N)s5)ccc4c23)C(=O)N1. The average molecular weight is 417 g/mol. The number of anilines is 1. The second kappa shape index (κ2) is 6.57. The maximum Gasteiger partial charge on any atom is 0.289 e. The Hall–Kier alpha value is -3.37. The largest absolute Gasteiger partial charge is 0.449 e. The quantitative estimate of drug-likeness (QED) is 0.477. The van der Waals surface area contributed by atoms with Gasteiger partial charge in [-0.2, -0.15) is 5.26 Å². The topological polar surface area (TPSA) is 91.0 Å². The van der Waals surface area contributed by atoms with Crippen molar-refractivity contribution < 1.29 is 9.21 Å². The zero-order valence-electron chi connectivity index (χ0n) is 16.9. The first-order valence-electron chi connectivity index (χ1n) is 9.80. The number of benzene rings is 1. The summed E-state index contributed by atoms with van der Waals surface area (Å²) in [5.41, 5.74) is 2.55. The van der Waals surface area contributed by atoms with Crippen LogP contribution in [0.1, 0.15) is 36.2 Å². The van der Waals surface area contributed by atoms with Gasteiger partial charge in [-0.1, -0.05) is 0 Å². The van der Waals surface area contributed by atoms with E-state index in [9.17, 15) is 10.1 Å². The molecule has 0 fully saturated rings. The van der Waals surface area contributed by atoms with Crippen molar-refractivity contribution in [3.05, 3.63) is 47.0 Å². The molecule has 1 unspecified atom stereocenters. The van der Waals surface area contributed by atoms with E-state index >= 15 is 0 Å². The smallest absolute Gasteiger partial charge is 0.289 e. The van der Waals surface area contributed by atoms with E-state index in [0.29, 0.717) is 17.9 Å². The van der Waals surface area contributed by atoms with Crippen molar-refractivity contribution in [1.82, 2.24) is 10.3 Å². The number of hydrogen-bond donors (Lipinski definition) is 2. The normalized spacial score (nSPS) is 16.6. The van der Waals surface area contributed by atoms with Crippen molar-refractivity contribution in [2.24, 2.45) is 0 Å². The standard InChI is InChI=1S/C23H20N4O2S/c1-12-10-25-20-19-13-4-5-15(17-8-9-18(30-17)23(2,3)11-24)27-14(13)6-7-16(19)29-21(20)22(28)26-12/h4-9,12,25H,10H2,1-3H3,(H,26,28). The van der Waals surface area contributed by atoms with E-state index in [1.807, 2.05) is 57.2 Å². The van der Waals surface area contributed by atoms with E-state index in [-0.39, 0.29) is 11.9 Å². The fourth-order valence-electron chi connectivity index (χ4n) is 3.73. The maximum absolute atomic E-state index is 12.5. The Morgan fingerprint density at radius 3 is 2.87 bits per heavy atom. The lowest BCUT2D eigenvalue weighted by Gasteiger charge is -2.11. The van der Waals surface area contributed by atoms with Crippen molar-refractivity contribution in [2.45, 2.75) is 32.2 Å². The summed E-state index contributed by atoms with van der Waals surface area (Å²) in [7, 11) is 0. The molecule has 0 bridgehead atoms. The number of pyridine rings is 1. The second-order valence-corrected chi connectivity index (χ2v) is 9.25. The monoisotopic (exact) mass is 416 g/mol. The zero-order valence-corrected chi connectivity index (χ0v) is 17.7. The van der Waals surface area contributed by atoms with Gasteiger partial charge in [0.2, 0.25) is 5.76 Å². The zero-order chi connectivity index (χ0) is 21.0. The van der Waals surface area contributed by atoms with Crippen LogP contribution < -0.4 is 10.6 Å². The molecule has 1 aliphatic rings. The van der Waals surface area contributed by atoms with Gasteiger partial charge in [0.25, 0.3) is 5.91 Å². The van der Waals surface area contributed by atoms with Crippen molar-refractivity contribution in [3.8, 4) is 16.6 Å². The molecule has 6 nitrogen and oxygen atoms in total. The lowest BCUT2D eigenvalue weighted by molar-refractivity contribution is 0.0920. The number of nitriles is 1. The number of nitrogens with zero attached hydrogens (tertiary/aromatic N) is 2. The molecule has 5 rings (SSSR count). The molecule has 4 aromatic rings. The average Bonchev–Trinajstić information content (AvgIpc) is 3.34. The number of carbonyl (C=O) groups is 1. The third-order valence-electron chi connectivity index (χ3n) is 5.44. The molecule has 1 aromatic carbocycles. The van der Waals surface area contributed by atoms with Crippen LogP contribution in [0.25, 0.3) is 32.4 Å². The van der Waals surface area contributed by atoms with Gasteiger partial charge in [0.15, 0.2) is 0 Å². The summed E-state index contributed by atoms with van der Waals surface area (Å²) in [5.74, 6) is 0.107. The summed E-state index contributed by atoms with van der Waals surface area (Å²) in [6.45, 7) is 6.42. The second-order valence-electron chi connectivity index (χ2n) is 8.16. The Morgan fingerprint density at radius 2 is 2.07 bits per heavy atom. The minimum absolute atomic E-state index is 0.0144. The summed E-state index contributed by atoms with van der Waals surface area (Å²) >= 11 is 1.59. The van der Waals surface area contributed by atoms with Crippen LogP contribution in [0, 0.1) is 11.3 Å². The van der Waals surface area contributed by atoms with Crippen LogP contribution in [0.2, 0.25) is 0 Å². The van der Waals surface area contributed by atoms with Gasteiger partial charge < -0.3 is 15.1 Å². The predicted octanol–water partition coefficient (Wildman–Crippen LogP) is 5.05. The summed E-state index contributed by atoms with van der Waals surface area (Å²) in [6.07, 6.45) is 0. The Balaban J connectivity index is 1.64. The highest BCUT2D eigenvalue weighted by Gasteiger charge is 2.27. The number of hydrogen-bond acceptors (Lipinski definition) is 6. The summed E-state index contributed by atoms with van der Waals surface area (Å²) < 4.78 is 5.88. The van der Waals surface area contributed by atoms with E-state index in [2.05, 4.69) is 16.7 Å². The van der Waals surface area contributed by atoms with Crippen LogP contribution in [0.3, 0.4) is 0 Å². The Kier molecular flexibility index (Phi) is 4.09. The third-order valence-corrected chi connectivity index (χ3v) is 6.88. The maximum atomic E-state index is 12.5. The van der Waals surface area contributed by atoms with E-state index in [1.165, 1.54) is 0 Å². The molecule has 0 spiro atoms. The summed E-state index contributed by atoms with van der Waals surface area (Å²) in [4.78, 5) is 19.4. The van der Waals surface area contributed by atoms with Gasteiger partial charge in [-0.15, -0.1) is 11.3 Å². The Labute approximate surface area is 177 Å². The van der Waals surface area contributed by atoms with Gasteiger partial charge in [-0.25, -0.2) is 4.98 Å². The number of fused-ring (bicyclic) bond motifs is 5. The molecule has 150 valence electrons. The van der Waals surface area contributed by atoms with Crippen LogP contribution in [0.4, 0.5) is 5.69 Å². The molecule has 0 saturated heterocycles. The third kappa shape index (κ3) is 2.84. The molecule has 30 heavy (non-hydrogen) atoms. The van der Waals surface area contributed by atoms with Gasteiger partial charge in [0, 0.05) is 22.8 Å². The number of aromatic nitrogens is 1. The van der Waals surface area contributed by atoms with Crippen molar-refractivity contribution in [1.29, 1.82) is 5.26 Å². The Bertz CT molecular complexity index is 1360. The van der Waals surface area contributed by atoms with Crippen molar-refractivity contribution >= 4 is 44.8 Å². The lowest BCUT2D eigenvalue weighted by Crippen LogP contribution is -2.34. The number of amides is 1. The molecule has 1 amide bonds. The summed E-state index contributed by atoms with van der Waals surface area (Å²) in [6, 6.07) is 14.2. The fourth-order valence-corrected chi connectivity index (χ4v) is 4.76. The highest BCUT2D eigenvalue weighted by molar-refractivity contribution is 7.15. The number of rotatable bonds is 2. The summed E-state index contributed by atoms with van der Waals surface area (Å²) in [5, 5.41) is 17.5. The molecule has 7 heteroatoms. The molecule has 0 saturated carbocycles. The van der Waals surface area contributed by atoms with Crippen LogP contribution >= 0.6 is 11.3 Å². The Morgan fingerprint density at radius 1 is 1.23 bits per heavy atom. The predicted molar refractivity (Wildman–Crippen MR) is 119 cm³/mol. The van der Waals surface area contributed by atoms with Crippen molar-refractivity contribution in [3.63, 3.8) is 0 Å².